The molecule has 1 aliphatic carbocycles. The highest BCUT2D eigenvalue weighted by atomic mass is 35.5. The molecule has 1 aliphatic rings. The Morgan fingerprint density at radius 1 is 1.18 bits per heavy atom. The maximum atomic E-state index is 12.5. The molecule has 0 N–H and O–H groups in total. The molecule has 0 saturated carbocycles. The fourth-order valence-corrected chi connectivity index (χ4v) is 2.12. The Bertz CT molecular complexity index is 405. The Kier molecular flexibility index (Phi) is 3.73. The van der Waals surface area contributed by atoms with Crippen molar-refractivity contribution in [2.75, 3.05) is 0 Å². The third-order valence-corrected chi connectivity index (χ3v) is 3.41. The number of rotatable bonds is 2. The summed E-state index contributed by atoms with van der Waals surface area (Å²) < 4.78 is 0. The molecule has 94 valence electrons. The normalized spacial score (nSPS) is 22.0. The maximum Gasteiger partial charge on any atom is 0.185 e. The van der Waals surface area contributed by atoms with Crippen molar-refractivity contribution in [2.45, 2.75) is 40.0 Å². The van der Waals surface area contributed by atoms with E-state index in [-0.39, 0.29) is 22.0 Å². The van der Waals surface area contributed by atoms with Gasteiger partial charge in [0.2, 0.25) is 0 Å². The Hall–Kier alpha value is -0.820. The van der Waals surface area contributed by atoms with Crippen LogP contribution in [0.4, 0.5) is 0 Å². The summed E-state index contributed by atoms with van der Waals surface area (Å²) in [7, 11) is 0. The standard InChI is InChI=1S/C15H21ClO/c1-7-15(5,6)12-9-10(16)8-11(13(12)17)14(2,3)4/h7-10H,1H2,2-6H3. The molecule has 0 aromatic rings. The van der Waals surface area contributed by atoms with Crippen LogP contribution in [0.15, 0.2) is 36.0 Å². The van der Waals surface area contributed by atoms with E-state index in [1.807, 2.05) is 46.8 Å². The number of ketones is 1. The van der Waals surface area contributed by atoms with E-state index in [4.69, 9.17) is 11.6 Å². The van der Waals surface area contributed by atoms with Crippen LogP contribution in [0.3, 0.4) is 0 Å². The highest BCUT2D eigenvalue weighted by molar-refractivity contribution is 6.25. The van der Waals surface area contributed by atoms with Crippen molar-refractivity contribution in [3.8, 4) is 0 Å². The molecule has 1 unspecified atom stereocenters. The lowest BCUT2D eigenvalue weighted by Crippen LogP contribution is -2.30. The minimum Gasteiger partial charge on any atom is -0.289 e. The van der Waals surface area contributed by atoms with Gasteiger partial charge in [0, 0.05) is 16.6 Å². The predicted molar refractivity (Wildman–Crippen MR) is 74.2 cm³/mol. The highest BCUT2D eigenvalue weighted by Gasteiger charge is 2.35. The van der Waals surface area contributed by atoms with E-state index in [0.29, 0.717) is 0 Å². The van der Waals surface area contributed by atoms with Crippen molar-refractivity contribution >= 4 is 17.4 Å². The first-order valence-electron chi connectivity index (χ1n) is 5.86. The molecule has 1 rings (SSSR count). The van der Waals surface area contributed by atoms with Crippen LogP contribution in [0.5, 0.6) is 0 Å². The van der Waals surface area contributed by atoms with Crippen molar-refractivity contribution in [2.24, 2.45) is 10.8 Å². The van der Waals surface area contributed by atoms with Gasteiger partial charge < -0.3 is 0 Å². The number of allylic oxidation sites excluding steroid dienone is 5. The smallest absolute Gasteiger partial charge is 0.185 e. The average Bonchev–Trinajstić information content (AvgIpc) is 2.19. The fourth-order valence-electron chi connectivity index (χ4n) is 1.87. The average molecular weight is 253 g/mol. The van der Waals surface area contributed by atoms with Crippen LogP contribution in [-0.2, 0) is 4.79 Å². The second kappa shape index (κ2) is 4.45. The second-order valence-electron chi connectivity index (χ2n) is 6.11. The molecule has 0 heterocycles. The van der Waals surface area contributed by atoms with Crippen molar-refractivity contribution in [1.82, 2.24) is 0 Å². The molecule has 0 fully saturated rings. The van der Waals surface area contributed by atoms with Crippen LogP contribution >= 0.6 is 11.6 Å². The molecule has 1 nitrogen and oxygen atoms in total. The third kappa shape index (κ3) is 2.90. The first kappa shape index (κ1) is 14.2. The minimum absolute atomic E-state index is 0.0966. The summed E-state index contributed by atoms with van der Waals surface area (Å²) in [6, 6.07) is 0. The van der Waals surface area contributed by atoms with Gasteiger partial charge in [0.25, 0.3) is 0 Å². The van der Waals surface area contributed by atoms with Crippen LogP contribution < -0.4 is 0 Å². The van der Waals surface area contributed by atoms with E-state index in [1.54, 1.807) is 6.08 Å². The number of carbonyl (C=O) groups excluding carboxylic acids is 1. The van der Waals surface area contributed by atoms with Gasteiger partial charge in [0.15, 0.2) is 5.78 Å². The van der Waals surface area contributed by atoms with Gasteiger partial charge in [-0.15, -0.1) is 18.2 Å². The number of alkyl halides is 1. The van der Waals surface area contributed by atoms with Gasteiger partial charge in [-0.3, -0.25) is 4.79 Å². The topological polar surface area (TPSA) is 17.1 Å². The number of carbonyl (C=O) groups is 1. The lowest BCUT2D eigenvalue weighted by molar-refractivity contribution is -0.114. The second-order valence-corrected chi connectivity index (χ2v) is 6.61. The van der Waals surface area contributed by atoms with Crippen molar-refractivity contribution in [3.05, 3.63) is 36.0 Å². The Labute approximate surface area is 109 Å². The van der Waals surface area contributed by atoms with Crippen LogP contribution in [0, 0.1) is 10.8 Å². The van der Waals surface area contributed by atoms with Crippen LogP contribution in [0.25, 0.3) is 0 Å². The molecule has 2 heteroatoms. The zero-order chi connectivity index (χ0) is 13.4. The summed E-state index contributed by atoms with van der Waals surface area (Å²) in [5.41, 5.74) is 1.03. The molecule has 0 saturated heterocycles. The predicted octanol–water partition coefficient (Wildman–Crippen LogP) is 4.29. The summed E-state index contributed by atoms with van der Waals surface area (Å²) in [5.74, 6) is 0.0966. The monoisotopic (exact) mass is 252 g/mol. The maximum absolute atomic E-state index is 12.5. The fraction of sp³-hybridized carbons (Fsp3) is 0.533. The van der Waals surface area contributed by atoms with Crippen molar-refractivity contribution < 1.29 is 4.79 Å². The lowest BCUT2D eigenvalue weighted by Gasteiger charge is -2.32. The van der Waals surface area contributed by atoms with Gasteiger partial charge in [-0.25, -0.2) is 0 Å². The molecule has 0 amide bonds. The van der Waals surface area contributed by atoms with Gasteiger partial charge in [0.1, 0.15) is 0 Å². The van der Waals surface area contributed by atoms with E-state index in [9.17, 15) is 4.79 Å². The van der Waals surface area contributed by atoms with Gasteiger partial charge in [0.05, 0.1) is 5.38 Å². The lowest BCUT2D eigenvalue weighted by atomic mass is 9.72. The van der Waals surface area contributed by atoms with Crippen molar-refractivity contribution in [3.63, 3.8) is 0 Å². The number of hydrogen-bond acceptors (Lipinski definition) is 1. The van der Waals surface area contributed by atoms with E-state index in [1.165, 1.54) is 0 Å². The number of halogens is 1. The molecule has 0 aliphatic heterocycles. The molecular formula is C15H21ClO. The molecular weight excluding hydrogens is 232 g/mol. The first-order valence-corrected chi connectivity index (χ1v) is 6.30. The van der Waals surface area contributed by atoms with E-state index in [0.717, 1.165) is 11.1 Å². The van der Waals surface area contributed by atoms with Gasteiger partial charge in [-0.05, 0) is 5.41 Å². The number of Topliss-reactive ketones (excluding diaryl/α,β-unsaturated/α-hetero) is 1. The highest BCUT2D eigenvalue weighted by Crippen LogP contribution is 2.39. The molecule has 0 bridgehead atoms. The van der Waals surface area contributed by atoms with Gasteiger partial charge in [-0.2, -0.15) is 0 Å². The minimum atomic E-state index is -0.338. The van der Waals surface area contributed by atoms with E-state index >= 15 is 0 Å². The third-order valence-electron chi connectivity index (χ3n) is 3.15. The van der Waals surface area contributed by atoms with Crippen LogP contribution in [-0.4, -0.2) is 11.2 Å². The first-order chi connectivity index (χ1) is 7.59. The van der Waals surface area contributed by atoms with Crippen LogP contribution in [0.2, 0.25) is 0 Å². The summed E-state index contributed by atoms with van der Waals surface area (Å²) in [6.45, 7) is 13.9. The summed E-state index contributed by atoms with van der Waals surface area (Å²) in [6.07, 6.45) is 5.49. The Balaban J connectivity index is 3.23. The van der Waals surface area contributed by atoms with Gasteiger partial charge >= 0.3 is 0 Å². The van der Waals surface area contributed by atoms with E-state index < -0.39 is 0 Å². The van der Waals surface area contributed by atoms with Crippen LogP contribution in [0.1, 0.15) is 34.6 Å². The number of hydrogen-bond donors (Lipinski definition) is 0. The Morgan fingerprint density at radius 3 is 2.06 bits per heavy atom. The SMILES string of the molecule is C=CC(C)(C)C1=CC(Cl)C=C(C(C)(C)C)C1=O. The van der Waals surface area contributed by atoms with Gasteiger partial charge in [-0.1, -0.05) is 52.8 Å². The van der Waals surface area contributed by atoms with Crippen molar-refractivity contribution in [1.29, 1.82) is 0 Å². The molecule has 1 atom stereocenters. The molecule has 0 aromatic carbocycles. The zero-order valence-corrected chi connectivity index (χ0v) is 12.1. The molecule has 17 heavy (non-hydrogen) atoms. The molecule has 0 spiro atoms. The quantitative estimate of drug-likeness (QED) is 0.529. The summed E-state index contributed by atoms with van der Waals surface area (Å²) >= 11 is 6.20. The van der Waals surface area contributed by atoms with E-state index in [2.05, 4.69) is 6.58 Å². The summed E-state index contributed by atoms with van der Waals surface area (Å²) in [4.78, 5) is 12.5. The largest absolute Gasteiger partial charge is 0.289 e. The Morgan fingerprint density at radius 2 is 1.65 bits per heavy atom. The summed E-state index contributed by atoms with van der Waals surface area (Å²) in [5, 5.41) is -0.212. The molecule has 0 aromatic heterocycles. The molecule has 0 radical (unpaired) electrons. The zero-order valence-electron chi connectivity index (χ0n) is 11.3.